The van der Waals surface area contributed by atoms with Crippen molar-refractivity contribution in [3.63, 3.8) is 0 Å². The standard InChI is InChI=1S/C20H25N3O3/c1-22(14-19(24)25)16-8-5-10-23(11-9-16)20(26)18-13-21-12-17(18)15-6-3-2-4-7-15/h2-4,6-7,12-13,16,21H,5,8-11,14H2,1H3,(H,24,25). The number of hydrogen-bond acceptors (Lipinski definition) is 3. The molecule has 1 atom stereocenters. The van der Waals surface area contributed by atoms with Crippen LogP contribution in [0, 0.1) is 0 Å². The van der Waals surface area contributed by atoms with Crippen LogP contribution in [-0.2, 0) is 4.79 Å². The highest BCUT2D eigenvalue weighted by Gasteiger charge is 2.26. The number of rotatable bonds is 5. The number of nitrogens with one attached hydrogen (secondary N) is 1. The van der Waals surface area contributed by atoms with Crippen LogP contribution in [0.4, 0.5) is 0 Å². The van der Waals surface area contributed by atoms with Crippen molar-refractivity contribution in [3.05, 3.63) is 48.3 Å². The number of carbonyl (C=O) groups is 2. The van der Waals surface area contributed by atoms with E-state index in [1.807, 2.05) is 53.4 Å². The van der Waals surface area contributed by atoms with Gasteiger partial charge in [0.1, 0.15) is 0 Å². The average Bonchev–Trinajstić information content (AvgIpc) is 2.98. The number of aliphatic carboxylic acids is 1. The zero-order chi connectivity index (χ0) is 18.5. The second kappa shape index (κ2) is 8.19. The summed E-state index contributed by atoms with van der Waals surface area (Å²) < 4.78 is 0. The second-order valence-corrected chi connectivity index (χ2v) is 6.83. The van der Waals surface area contributed by atoms with Gasteiger partial charge in [-0.1, -0.05) is 30.3 Å². The number of nitrogens with zero attached hydrogens (tertiary/aromatic N) is 2. The van der Waals surface area contributed by atoms with Crippen LogP contribution in [0.5, 0.6) is 0 Å². The van der Waals surface area contributed by atoms with Crippen LogP contribution in [0.2, 0.25) is 0 Å². The van der Waals surface area contributed by atoms with Crippen molar-refractivity contribution in [3.8, 4) is 11.1 Å². The molecule has 1 aromatic carbocycles. The molecule has 1 aliphatic heterocycles. The fourth-order valence-corrected chi connectivity index (χ4v) is 3.63. The molecule has 6 heteroatoms. The molecule has 0 spiro atoms. The van der Waals surface area contributed by atoms with Crippen molar-refractivity contribution in [2.24, 2.45) is 0 Å². The fraction of sp³-hybridized carbons (Fsp3) is 0.400. The SMILES string of the molecule is CN(CC(=O)O)C1CCCN(C(=O)c2c[nH]cc2-c2ccccc2)CC1. The van der Waals surface area contributed by atoms with Gasteiger partial charge in [0.15, 0.2) is 0 Å². The van der Waals surface area contributed by atoms with Gasteiger partial charge in [-0.15, -0.1) is 0 Å². The van der Waals surface area contributed by atoms with Gasteiger partial charge >= 0.3 is 5.97 Å². The number of carboxylic acids is 1. The summed E-state index contributed by atoms with van der Waals surface area (Å²) in [5.41, 5.74) is 2.62. The molecule has 0 bridgehead atoms. The number of amides is 1. The molecular weight excluding hydrogens is 330 g/mol. The van der Waals surface area contributed by atoms with Gasteiger partial charge in [0, 0.05) is 37.1 Å². The van der Waals surface area contributed by atoms with Gasteiger partial charge in [-0.05, 0) is 31.9 Å². The van der Waals surface area contributed by atoms with E-state index < -0.39 is 5.97 Å². The van der Waals surface area contributed by atoms with Crippen LogP contribution < -0.4 is 0 Å². The Morgan fingerprint density at radius 2 is 1.96 bits per heavy atom. The molecule has 1 saturated heterocycles. The Morgan fingerprint density at radius 3 is 2.69 bits per heavy atom. The Balaban J connectivity index is 1.70. The number of likely N-dealkylation sites (tertiary alicyclic amines) is 1. The van der Waals surface area contributed by atoms with Crippen LogP contribution >= 0.6 is 0 Å². The highest BCUT2D eigenvalue weighted by Crippen LogP contribution is 2.25. The van der Waals surface area contributed by atoms with Crippen LogP contribution in [0.25, 0.3) is 11.1 Å². The highest BCUT2D eigenvalue weighted by molar-refractivity contribution is 6.00. The van der Waals surface area contributed by atoms with E-state index in [2.05, 4.69) is 4.98 Å². The van der Waals surface area contributed by atoms with Crippen molar-refractivity contribution < 1.29 is 14.7 Å². The lowest BCUT2D eigenvalue weighted by atomic mass is 10.0. The van der Waals surface area contributed by atoms with Crippen LogP contribution in [0.1, 0.15) is 29.6 Å². The predicted molar refractivity (Wildman–Crippen MR) is 100 cm³/mol. The van der Waals surface area contributed by atoms with Gasteiger partial charge < -0.3 is 15.0 Å². The van der Waals surface area contributed by atoms with E-state index >= 15 is 0 Å². The van der Waals surface area contributed by atoms with E-state index in [0.29, 0.717) is 18.7 Å². The molecule has 138 valence electrons. The van der Waals surface area contributed by atoms with E-state index in [9.17, 15) is 9.59 Å². The molecule has 2 aromatic rings. The smallest absolute Gasteiger partial charge is 0.317 e. The minimum Gasteiger partial charge on any atom is -0.480 e. The minimum absolute atomic E-state index is 0.0339. The first-order valence-electron chi connectivity index (χ1n) is 8.99. The topological polar surface area (TPSA) is 76.6 Å². The fourth-order valence-electron chi connectivity index (χ4n) is 3.63. The van der Waals surface area contributed by atoms with E-state index in [0.717, 1.165) is 30.4 Å². The molecule has 1 amide bonds. The van der Waals surface area contributed by atoms with Gasteiger partial charge in [0.05, 0.1) is 12.1 Å². The molecule has 26 heavy (non-hydrogen) atoms. The zero-order valence-electron chi connectivity index (χ0n) is 15.0. The van der Waals surface area contributed by atoms with E-state index in [1.165, 1.54) is 0 Å². The molecular formula is C20H25N3O3. The number of carboxylic acid groups (broad SMARTS) is 1. The lowest BCUT2D eigenvalue weighted by Crippen LogP contribution is -2.37. The predicted octanol–water partition coefficient (Wildman–Crippen LogP) is 2.69. The summed E-state index contributed by atoms with van der Waals surface area (Å²) in [5.74, 6) is -0.781. The first-order chi connectivity index (χ1) is 12.6. The molecule has 0 saturated carbocycles. The van der Waals surface area contributed by atoms with Crippen molar-refractivity contribution >= 4 is 11.9 Å². The van der Waals surface area contributed by atoms with Crippen LogP contribution in [0.15, 0.2) is 42.7 Å². The zero-order valence-corrected chi connectivity index (χ0v) is 15.0. The molecule has 0 radical (unpaired) electrons. The lowest BCUT2D eigenvalue weighted by Gasteiger charge is -2.25. The Labute approximate surface area is 153 Å². The first kappa shape index (κ1) is 18.2. The molecule has 2 heterocycles. The number of carbonyl (C=O) groups excluding carboxylic acids is 1. The monoisotopic (exact) mass is 355 g/mol. The number of aromatic amines is 1. The first-order valence-corrected chi connectivity index (χ1v) is 8.99. The molecule has 2 N–H and O–H groups in total. The molecule has 6 nitrogen and oxygen atoms in total. The Morgan fingerprint density at radius 1 is 1.19 bits per heavy atom. The third-order valence-electron chi connectivity index (χ3n) is 5.05. The maximum Gasteiger partial charge on any atom is 0.317 e. The molecule has 1 aromatic heterocycles. The molecule has 3 rings (SSSR count). The van der Waals surface area contributed by atoms with E-state index in [1.54, 1.807) is 6.20 Å². The van der Waals surface area contributed by atoms with Gasteiger partial charge in [0.2, 0.25) is 0 Å². The molecule has 1 unspecified atom stereocenters. The quantitative estimate of drug-likeness (QED) is 0.865. The summed E-state index contributed by atoms with van der Waals surface area (Å²) in [4.78, 5) is 30.8. The third-order valence-corrected chi connectivity index (χ3v) is 5.05. The van der Waals surface area contributed by atoms with Gasteiger partial charge in [0.25, 0.3) is 5.91 Å². The Hall–Kier alpha value is -2.60. The summed E-state index contributed by atoms with van der Waals surface area (Å²) in [6.45, 7) is 1.39. The minimum atomic E-state index is -0.815. The summed E-state index contributed by atoms with van der Waals surface area (Å²) >= 11 is 0. The van der Waals surface area contributed by atoms with Gasteiger partial charge in [-0.25, -0.2) is 0 Å². The van der Waals surface area contributed by atoms with Crippen molar-refractivity contribution in [2.75, 3.05) is 26.7 Å². The molecule has 1 fully saturated rings. The van der Waals surface area contributed by atoms with Crippen molar-refractivity contribution in [2.45, 2.75) is 25.3 Å². The molecule has 0 aliphatic carbocycles. The number of aromatic nitrogens is 1. The van der Waals surface area contributed by atoms with Crippen molar-refractivity contribution in [1.82, 2.24) is 14.8 Å². The largest absolute Gasteiger partial charge is 0.480 e. The van der Waals surface area contributed by atoms with Gasteiger partial charge in [-0.3, -0.25) is 14.5 Å². The highest BCUT2D eigenvalue weighted by atomic mass is 16.4. The summed E-state index contributed by atoms with van der Waals surface area (Å²) in [6.07, 6.45) is 6.21. The number of H-pyrrole nitrogens is 1. The summed E-state index contributed by atoms with van der Waals surface area (Å²) in [5, 5.41) is 8.98. The second-order valence-electron chi connectivity index (χ2n) is 6.83. The number of hydrogen-bond donors (Lipinski definition) is 2. The van der Waals surface area contributed by atoms with Crippen molar-refractivity contribution in [1.29, 1.82) is 0 Å². The normalized spacial score (nSPS) is 17.9. The van der Waals surface area contributed by atoms with E-state index in [-0.39, 0.29) is 18.5 Å². The Kier molecular flexibility index (Phi) is 5.73. The lowest BCUT2D eigenvalue weighted by molar-refractivity contribution is -0.138. The Bertz CT molecular complexity index is 757. The maximum absolute atomic E-state index is 13.1. The van der Waals surface area contributed by atoms with Gasteiger partial charge in [-0.2, -0.15) is 0 Å². The summed E-state index contributed by atoms with van der Waals surface area (Å²) in [6, 6.07) is 10.1. The number of likely N-dealkylation sites (N-methyl/N-ethyl adjacent to an activating group) is 1. The third kappa shape index (κ3) is 4.14. The maximum atomic E-state index is 13.1. The number of benzene rings is 1. The molecule has 1 aliphatic rings. The summed E-state index contributed by atoms with van der Waals surface area (Å²) in [7, 11) is 1.84. The van der Waals surface area contributed by atoms with Crippen LogP contribution in [0.3, 0.4) is 0 Å². The average molecular weight is 355 g/mol. The van der Waals surface area contributed by atoms with Crippen LogP contribution in [-0.4, -0.2) is 64.5 Å². The van der Waals surface area contributed by atoms with E-state index in [4.69, 9.17) is 5.11 Å².